The molecular weight excluding hydrogens is 1230 g/mol. The molecule has 51 heteroatoms. The van der Waals surface area contributed by atoms with Gasteiger partial charge in [-0.05, 0) is 0 Å². The molecule has 0 aliphatic heterocycles. The van der Waals surface area contributed by atoms with Crippen molar-refractivity contribution in [1.82, 2.24) is 0 Å². The maximum atomic E-state index is 13.9. The van der Waals surface area contributed by atoms with Crippen LogP contribution in [0.2, 0.25) is 0 Å². The minimum Gasteiger partial charge on any atom is -0.302 e. The van der Waals surface area contributed by atoms with Crippen molar-refractivity contribution >= 4 is 7.82 Å². The van der Waals surface area contributed by atoms with Crippen LogP contribution in [-0.2, 0) is 13.6 Å². The molecule has 73 heavy (non-hydrogen) atoms. The van der Waals surface area contributed by atoms with Gasteiger partial charge < -0.3 is 4.89 Å². The topological polar surface area (TPSA) is 55.8 Å². The van der Waals surface area contributed by atoms with E-state index in [1.54, 1.807) is 0 Å². The van der Waals surface area contributed by atoms with E-state index in [1.807, 2.05) is 0 Å². The molecule has 0 aromatic rings. The predicted octanol–water partition coefficient (Wildman–Crippen LogP) is 14.9. The van der Waals surface area contributed by atoms with Gasteiger partial charge in [0.25, 0.3) is 0 Å². The highest BCUT2D eigenvalue weighted by Gasteiger charge is 3.01. The molecule has 0 bridgehead atoms. The summed E-state index contributed by atoms with van der Waals surface area (Å²) >= 11 is 0. The molecule has 0 aromatic heterocycles. The minimum atomic E-state index is -10.3. The van der Waals surface area contributed by atoms with Crippen LogP contribution in [0.5, 0.6) is 0 Å². The third kappa shape index (κ3) is 8.64. The molecule has 0 fully saturated rings. The molecular formula is C22HF46O4P. The summed E-state index contributed by atoms with van der Waals surface area (Å²) in [7, 11) is -9.93. The summed E-state index contributed by atoms with van der Waals surface area (Å²) in [6.45, 7) is 0. The Morgan fingerprint density at radius 3 is 0.397 bits per heavy atom. The number of halogens is 46. The average Bonchev–Trinajstić information content (AvgIpc) is 3.11. The van der Waals surface area contributed by atoms with E-state index in [-0.39, 0.29) is 0 Å². The van der Waals surface area contributed by atoms with E-state index in [2.05, 4.69) is 0 Å². The Morgan fingerprint density at radius 1 is 0.192 bits per heavy atom. The highest BCUT2D eigenvalue weighted by molar-refractivity contribution is 7.47. The third-order valence-electron chi connectivity index (χ3n) is 8.21. The Balaban J connectivity index is 7.60. The van der Waals surface area contributed by atoms with E-state index in [4.69, 9.17) is 4.89 Å². The summed E-state index contributed by atoms with van der Waals surface area (Å²) in [4.78, 5) is 8.51. The maximum absolute atomic E-state index is 13.9. The molecule has 0 atom stereocenters. The summed E-state index contributed by atoms with van der Waals surface area (Å²) in [6, 6.07) is 0. The highest BCUT2D eigenvalue weighted by Crippen LogP contribution is 2.71. The van der Waals surface area contributed by atoms with Crippen molar-refractivity contribution in [3.63, 3.8) is 0 Å². The van der Waals surface area contributed by atoms with Gasteiger partial charge in [0.15, 0.2) is 0 Å². The zero-order chi connectivity index (χ0) is 60.9. The summed E-state index contributed by atoms with van der Waals surface area (Å²) in [5.41, 5.74) is 0. The van der Waals surface area contributed by atoms with Crippen molar-refractivity contribution in [3.05, 3.63) is 0 Å². The lowest BCUT2D eigenvalue weighted by molar-refractivity contribution is -0.486. The second-order valence-corrected chi connectivity index (χ2v) is 14.3. The number of rotatable bonds is 22. The second-order valence-electron chi connectivity index (χ2n) is 13.0. The Hall–Kier alpha value is -3.11. The lowest BCUT2D eigenvalue weighted by Gasteiger charge is -2.45. The molecule has 440 valence electrons. The van der Waals surface area contributed by atoms with E-state index in [9.17, 15) is 207 Å². The Labute approximate surface area is 361 Å². The van der Waals surface area contributed by atoms with Gasteiger partial charge in [-0.1, -0.05) is 0 Å². The standard InChI is InChI=1S/C22HF46O4P/c23-1(24,3(27,28)7(35,36)11(43,44)15(51,52)19(59,60)61)5(31,32)9(39,40)13(47,48)17(55,56)21(65,66)71-73(69,70)72-22(67,68)18(57,58)14(49,50)10(41,42)6(33,34)2(25,26)4(29,30)8(37,38)12(45,46)16(53,54)20(62,63)64/h(H,69,70). The average molecular weight is 1230 g/mol. The van der Waals surface area contributed by atoms with Crippen LogP contribution >= 0.6 is 7.82 Å². The Kier molecular flexibility index (Phi) is 16.2. The molecule has 0 aromatic carbocycles. The minimum absolute atomic E-state index is 0.915. The van der Waals surface area contributed by atoms with E-state index >= 15 is 0 Å². The lowest BCUT2D eigenvalue weighted by atomic mass is 9.86. The first-order chi connectivity index (χ1) is 30.4. The van der Waals surface area contributed by atoms with Gasteiger partial charge in [-0.25, -0.2) is 13.6 Å². The fraction of sp³-hybridized carbons (Fsp3) is 1.00. The maximum Gasteiger partial charge on any atom is 0.482 e. The van der Waals surface area contributed by atoms with Gasteiger partial charge in [-0.3, -0.25) is 0 Å². The fourth-order valence-electron chi connectivity index (χ4n) is 3.90. The summed E-state index contributed by atoms with van der Waals surface area (Å²) in [5.74, 6) is -178. The van der Waals surface area contributed by atoms with Gasteiger partial charge >= 0.3 is 139 Å². The first kappa shape index (κ1) is 69.9. The molecule has 4 nitrogen and oxygen atoms in total. The zero-order valence-electron chi connectivity index (χ0n) is 30.5. The highest BCUT2D eigenvalue weighted by atomic mass is 31.2. The molecule has 0 spiro atoms. The Bertz CT molecular complexity index is 1910. The van der Waals surface area contributed by atoms with E-state index in [1.165, 1.54) is 0 Å². The summed E-state index contributed by atoms with van der Waals surface area (Å²) in [6.07, 6.45) is -35.8. The molecule has 0 saturated heterocycles. The number of alkyl halides is 46. The molecule has 0 rings (SSSR count). The van der Waals surface area contributed by atoms with Crippen molar-refractivity contribution in [2.75, 3.05) is 0 Å². The van der Waals surface area contributed by atoms with Crippen LogP contribution in [-0.4, -0.2) is 136 Å². The van der Waals surface area contributed by atoms with Gasteiger partial charge in [0, 0.05) is 0 Å². The van der Waals surface area contributed by atoms with Crippen molar-refractivity contribution in [2.24, 2.45) is 0 Å². The largest absolute Gasteiger partial charge is 0.482 e. The summed E-state index contributed by atoms with van der Waals surface area (Å²) in [5, 5.41) is 0. The molecule has 0 saturated carbocycles. The molecule has 1 N–H and O–H groups in total. The van der Waals surface area contributed by atoms with Gasteiger partial charge in [-0.15, -0.1) is 0 Å². The number of hydrogen-bond donors (Lipinski definition) is 1. The van der Waals surface area contributed by atoms with Crippen molar-refractivity contribution < 1.29 is 220 Å². The first-order valence-electron chi connectivity index (χ1n) is 14.8. The summed E-state index contributed by atoms with van der Waals surface area (Å²) < 4.78 is 632. The second kappa shape index (κ2) is 16.9. The van der Waals surface area contributed by atoms with Gasteiger partial charge in [0.1, 0.15) is 0 Å². The van der Waals surface area contributed by atoms with Crippen LogP contribution in [0, 0.1) is 0 Å². The Morgan fingerprint density at radius 2 is 0.288 bits per heavy atom. The predicted molar refractivity (Wildman–Crippen MR) is 123 cm³/mol. The van der Waals surface area contributed by atoms with Crippen molar-refractivity contribution in [1.29, 1.82) is 0 Å². The lowest BCUT2D eigenvalue weighted by Crippen LogP contribution is -2.77. The van der Waals surface area contributed by atoms with E-state index in [0.717, 1.165) is 9.05 Å². The van der Waals surface area contributed by atoms with E-state index < -0.39 is 139 Å². The molecule has 0 heterocycles. The zero-order valence-corrected chi connectivity index (χ0v) is 31.4. The van der Waals surface area contributed by atoms with Crippen molar-refractivity contribution in [2.45, 2.75) is 131 Å². The molecule has 0 radical (unpaired) electrons. The van der Waals surface area contributed by atoms with Crippen molar-refractivity contribution in [3.8, 4) is 0 Å². The van der Waals surface area contributed by atoms with Crippen LogP contribution in [0.3, 0.4) is 0 Å². The molecule has 0 aliphatic carbocycles. The fourth-order valence-corrected chi connectivity index (χ4v) is 4.75. The third-order valence-corrected chi connectivity index (χ3v) is 9.13. The number of hydrogen-bond acceptors (Lipinski definition) is 3. The number of phosphoric acid groups is 1. The van der Waals surface area contributed by atoms with Crippen LogP contribution in [0.4, 0.5) is 202 Å². The SMILES string of the molecule is O=P(O)(OC(F)(F)C(F)(F)C(F)(F)C(F)(F)C(F)(F)C(F)(F)C(F)(F)C(F)(F)C(F)(F)C(F)(F)C(F)(F)F)OC(F)(F)C(F)(F)C(F)(F)C(F)(F)C(F)(F)C(F)(F)C(F)(F)C(F)(F)C(F)(F)C(F)(F)C(F)(F)F. The smallest absolute Gasteiger partial charge is 0.302 e. The molecule has 0 aliphatic rings. The number of phosphoric ester groups is 1. The van der Waals surface area contributed by atoms with Gasteiger partial charge in [0.05, 0.1) is 0 Å². The van der Waals surface area contributed by atoms with E-state index in [0.29, 0.717) is 0 Å². The normalized spacial score (nSPS) is 17.4. The van der Waals surface area contributed by atoms with Gasteiger partial charge in [-0.2, -0.15) is 202 Å². The first-order valence-corrected chi connectivity index (χ1v) is 16.3. The van der Waals surface area contributed by atoms with Crippen LogP contribution in [0.15, 0.2) is 0 Å². The quantitative estimate of drug-likeness (QED) is 0.0867. The van der Waals surface area contributed by atoms with Crippen LogP contribution in [0.25, 0.3) is 0 Å². The van der Waals surface area contributed by atoms with Gasteiger partial charge in [0.2, 0.25) is 0 Å². The van der Waals surface area contributed by atoms with Crippen LogP contribution < -0.4 is 0 Å². The molecule has 0 unspecified atom stereocenters. The monoisotopic (exact) mass is 1230 g/mol. The van der Waals surface area contributed by atoms with Crippen LogP contribution in [0.1, 0.15) is 0 Å². The molecule has 0 amide bonds.